The smallest absolute Gasteiger partial charge is 0.320 e. The molecule has 3 aliphatic rings. The highest BCUT2D eigenvalue weighted by Crippen LogP contribution is 2.48. The minimum atomic E-state index is -0.660. The van der Waals surface area contributed by atoms with E-state index >= 15 is 0 Å². The van der Waals surface area contributed by atoms with E-state index in [1.165, 1.54) is 32.1 Å². The molecule has 3 nitrogen and oxygen atoms in total. The van der Waals surface area contributed by atoms with Crippen LogP contribution in [-0.2, 0) is 4.79 Å². The van der Waals surface area contributed by atoms with Crippen molar-refractivity contribution in [1.82, 2.24) is 5.32 Å². The van der Waals surface area contributed by atoms with Crippen LogP contribution in [-0.4, -0.2) is 23.7 Å². The molecule has 2 aliphatic carbocycles. The van der Waals surface area contributed by atoms with Gasteiger partial charge in [-0.2, -0.15) is 0 Å². The average Bonchev–Trinajstić information content (AvgIpc) is 2.71. The minimum absolute atomic E-state index is 0.279. The molecule has 0 amide bonds. The first-order valence-corrected chi connectivity index (χ1v) is 6.70. The molecule has 0 aromatic rings. The molecular weight excluding hydrogens is 202 g/mol. The van der Waals surface area contributed by atoms with Crippen LogP contribution in [0.2, 0.25) is 0 Å². The fourth-order valence-electron chi connectivity index (χ4n) is 4.30. The van der Waals surface area contributed by atoms with Crippen molar-refractivity contribution in [3.05, 3.63) is 0 Å². The Kier molecular flexibility index (Phi) is 2.66. The molecular formula is C13H21NO2. The van der Waals surface area contributed by atoms with Crippen LogP contribution in [0.5, 0.6) is 0 Å². The van der Waals surface area contributed by atoms with Gasteiger partial charge >= 0.3 is 5.97 Å². The first-order chi connectivity index (χ1) is 7.74. The lowest BCUT2D eigenvalue weighted by atomic mass is 9.66. The van der Waals surface area contributed by atoms with Gasteiger partial charge in [-0.05, 0) is 49.5 Å². The molecule has 0 radical (unpaired) electrons. The Morgan fingerprint density at radius 3 is 2.38 bits per heavy atom. The zero-order chi connectivity index (χ0) is 11.1. The number of aliphatic carboxylic acids is 1. The Hall–Kier alpha value is -0.570. The molecule has 1 aliphatic heterocycles. The molecule has 2 N–H and O–H groups in total. The van der Waals surface area contributed by atoms with E-state index in [-0.39, 0.29) is 6.04 Å². The van der Waals surface area contributed by atoms with Crippen LogP contribution in [0.1, 0.15) is 38.5 Å². The van der Waals surface area contributed by atoms with E-state index < -0.39 is 5.97 Å². The van der Waals surface area contributed by atoms with E-state index in [2.05, 4.69) is 5.32 Å². The van der Waals surface area contributed by atoms with E-state index in [9.17, 15) is 4.79 Å². The zero-order valence-corrected chi connectivity index (χ0v) is 9.69. The quantitative estimate of drug-likeness (QED) is 0.713. The SMILES string of the molecule is O=C(O)C1CC2CC3CCCC3CC2CN1. The molecule has 90 valence electrons. The molecule has 0 aromatic heterocycles. The van der Waals surface area contributed by atoms with Crippen molar-refractivity contribution in [2.45, 2.75) is 44.6 Å². The van der Waals surface area contributed by atoms with E-state index in [4.69, 9.17) is 5.11 Å². The summed E-state index contributed by atoms with van der Waals surface area (Å²) in [6.45, 7) is 0.935. The Balaban J connectivity index is 1.67. The molecule has 16 heavy (non-hydrogen) atoms. The summed E-state index contributed by atoms with van der Waals surface area (Å²) in [5.41, 5.74) is 0. The van der Waals surface area contributed by atoms with Crippen molar-refractivity contribution >= 4 is 5.97 Å². The third kappa shape index (κ3) is 1.75. The molecule has 0 bridgehead atoms. The van der Waals surface area contributed by atoms with E-state index in [1.807, 2.05) is 0 Å². The monoisotopic (exact) mass is 223 g/mol. The fraction of sp³-hybridized carbons (Fsp3) is 0.923. The van der Waals surface area contributed by atoms with Crippen LogP contribution >= 0.6 is 0 Å². The van der Waals surface area contributed by atoms with Crippen molar-refractivity contribution in [3.8, 4) is 0 Å². The number of nitrogens with one attached hydrogen (secondary N) is 1. The molecule has 0 spiro atoms. The number of fused-ring (bicyclic) bond motifs is 2. The van der Waals surface area contributed by atoms with Gasteiger partial charge in [0.25, 0.3) is 0 Å². The van der Waals surface area contributed by atoms with Crippen molar-refractivity contribution in [2.75, 3.05) is 6.54 Å². The highest BCUT2D eigenvalue weighted by Gasteiger charge is 2.42. The maximum Gasteiger partial charge on any atom is 0.320 e. The van der Waals surface area contributed by atoms with Gasteiger partial charge in [0.05, 0.1) is 0 Å². The second kappa shape index (κ2) is 4.02. The van der Waals surface area contributed by atoms with Gasteiger partial charge in [-0.3, -0.25) is 4.79 Å². The molecule has 5 unspecified atom stereocenters. The maximum absolute atomic E-state index is 11.0. The number of carbonyl (C=O) groups is 1. The van der Waals surface area contributed by atoms with E-state index in [0.717, 1.165) is 30.7 Å². The normalized spacial score (nSPS) is 47.1. The Labute approximate surface area is 96.6 Å². The largest absolute Gasteiger partial charge is 0.480 e. The minimum Gasteiger partial charge on any atom is -0.480 e. The van der Waals surface area contributed by atoms with Gasteiger partial charge in [-0.15, -0.1) is 0 Å². The van der Waals surface area contributed by atoms with Gasteiger partial charge in [-0.1, -0.05) is 19.3 Å². The number of hydrogen-bond donors (Lipinski definition) is 2. The van der Waals surface area contributed by atoms with Crippen molar-refractivity contribution in [3.63, 3.8) is 0 Å². The Morgan fingerprint density at radius 1 is 1.00 bits per heavy atom. The highest BCUT2D eigenvalue weighted by atomic mass is 16.4. The summed E-state index contributed by atoms with van der Waals surface area (Å²) in [7, 11) is 0. The fourth-order valence-corrected chi connectivity index (χ4v) is 4.30. The summed E-state index contributed by atoms with van der Waals surface area (Å²) in [6, 6.07) is -0.279. The van der Waals surface area contributed by atoms with Crippen LogP contribution in [0.25, 0.3) is 0 Å². The Bertz CT molecular complexity index is 292. The molecule has 3 heteroatoms. The molecule has 3 rings (SSSR count). The van der Waals surface area contributed by atoms with Crippen molar-refractivity contribution < 1.29 is 9.90 Å². The number of rotatable bonds is 1. The number of carboxylic acids is 1. The van der Waals surface area contributed by atoms with Gasteiger partial charge in [0.2, 0.25) is 0 Å². The van der Waals surface area contributed by atoms with Crippen LogP contribution in [0, 0.1) is 23.7 Å². The summed E-state index contributed by atoms with van der Waals surface area (Å²) in [6.07, 6.45) is 7.76. The summed E-state index contributed by atoms with van der Waals surface area (Å²) in [5.74, 6) is 2.67. The highest BCUT2D eigenvalue weighted by molar-refractivity contribution is 5.73. The lowest BCUT2D eigenvalue weighted by molar-refractivity contribution is -0.141. The van der Waals surface area contributed by atoms with Crippen LogP contribution in [0.15, 0.2) is 0 Å². The zero-order valence-electron chi connectivity index (χ0n) is 9.69. The second-order valence-electron chi connectivity index (χ2n) is 5.98. The van der Waals surface area contributed by atoms with Gasteiger partial charge in [0, 0.05) is 0 Å². The van der Waals surface area contributed by atoms with Crippen molar-refractivity contribution in [1.29, 1.82) is 0 Å². The molecule has 3 fully saturated rings. The van der Waals surface area contributed by atoms with Crippen LogP contribution in [0.3, 0.4) is 0 Å². The average molecular weight is 223 g/mol. The number of hydrogen-bond acceptors (Lipinski definition) is 2. The summed E-state index contributed by atoms with van der Waals surface area (Å²) in [4.78, 5) is 11.0. The summed E-state index contributed by atoms with van der Waals surface area (Å²) < 4.78 is 0. The third-order valence-electron chi connectivity index (χ3n) is 5.16. The van der Waals surface area contributed by atoms with E-state index in [0.29, 0.717) is 5.92 Å². The lowest BCUT2D eigenvalue weighted by Gasteiger charge is -2.43. The summed E-state index contributed by atoms with van der Waals surface area (Å²) in [5, 5.41) is 12.3. The molecule has 5 atom stereocenters. The first kappa shape index (κ1) is 10.6. The van der Waals surface area contributed by atoms with Crippen LogP contribution in [0.4, 0.5) is 0 Å². The molecule has 0 aromatic carbocycles. The van der Waals surface area contributed by atoms with Crippen molar-refractivity contribution in [2.24, 2.45) is 23.7 Å². The molecule has 1 saturated heterocycles. The Morgan fingerprint density at radius 2 is 1.69 bits per heavy atom. The molecule has 1 heterocycles. The third-order valence-corrected chi connectivity index (χ3v) is 5.16. The predicted molar refractivity (Wildman–Crippen MR) is 61.1 cm³/mol. The second-order valence-corrected chi connectivity index (χ2v) is 5.98. The number of piperidine rings is 1. The van der Waals surface area contributed by atoms with Gasteiger partial charge in [0.15, 0.2) is 0 Å². The van der Waals surface area contributed by atoms with Gasteiger partial charge in [-0.25, -0.2) is 0 Å². The molecule has 2 saturated carbocycles. The van der Waals surface area contributed by atoms with Crippen LogP contribution < -0.4 is 5.32 Å². The topological polar surface area (TPSA) is 49.3 Å². The lowest BCUT2D eigenvalue weighted by Crippen LogP contribution is -2.50. The summed E-state index contributed by atoms with van der Waals surface area (Å²) >= 11 is 0. The number of carboxylic acid groups (broad SMARTS) is 1. The van der Waals surface area contributed by atoms with E-state index in [1.54, 1.807) is 0 Å². The first-order valence-electron chi connectivity index (χ1n) is 6.70. The predicted octanol–water partition coefficient (Wildman–Crippen LogP) is 1.88. The van der Waals surface area contributed by atoms with Gasteiger partial charge in [0.1, 0.15) is 6.04 Å². The standard InChI is InChI=1S/C13H21NO2/c15-13(16)12-6-10-4-8-2-1-3-9(8)5-11(10)7-14-12/h8-12,14H,1-7H2,(H,15,16). The van der Waals surface area contributed by atoms with Gasteiger partial charge < -0.3 is 10.4 Å². The maximum atomic E-state index is 11.0.